The summed E-state index contributed by atoms with van der Waals surface area (Å²) in [6.45, 7) is 0.462. The Morgan fingerprint density at radius 2 is 1.21 bits per heavy atom. The molecule has 0 bridgehead atoms. The van der Waals surface area contributed by atoms with E-state index in [1.54, 1.807) is 0 Å². The minimum Gasteiger partial charge on any atom is -0.382 e. The van der Waals surface area contributed by atoms with Crippen LogP contribution in [0.25, 0.3) is 44.7 Å². The van der Waals surface area contributed by atoms with Crippen LogP contribution in [-0.2, 0) is 6.54 Å². The van der Waals surface area contributed by atoms with E-state index in [0.29, 0.717) is 18.2 Å². The van der Waals surface area contributed by atoms with Gasteiger partial charge in [-0.1, -0.05) is 127 Å². The van der Waals surface area contributed by atoms with Crippen molar-refractivity contribution in [2.75, 3.05) is 0 Å². The molecule has 188 valence electrons. The molecule has 5 aromatic carbocycles. The van der Waals surface area contributed by atoms with E-state index in [2.05, 4.69) is 65.1 Å². The van der Waals surface area contributed by atoms with Crippen molar-refractivity contribution < 1.29 is 0 Å². The summed E-state index contributed by atoms with van der Waals surface area (Å²) in [6.07, 6.45) is 0. The van der Waals surface area contributed by atoms with Crippen LogP contribution in [0.3, 0.4) is 0 Å². The summed E-state index contributed by atoms with van der Waals surface area (Å²) < 4.78 is 0. The first-order chi connectivity index (χ1) is 19.3. The predicted octanol–water partition coefficient (Wildman–Crippen LogP) is 7.04. The Hall–Kier alpha value is -5.29. The van der Waals surface area contributed by atoms with Crippen molar-refractivity contribution in [1.29, 1.82) is 0 Å². The van der Waals surface area contributed by atoms with E-state index >= 15 is 0 Å². The summed E-state index contributed by atoms with van der Waals surface area (Å²) in [7, 11) is 0. The number of benzene rings is 5. The van der Waals surface area contributed by atoms with E-state index in [1.807, 2.05) is 78.9 Å². The van der Waals surface area contributed by atoms with Gasteiger partial charge in [0, 0.05) is 22.3 Å². The van der Waals surface area contributed by atoms with E-state index in [1.165, 1.54) is 0 Å². The molecule has 5 nitrogen and oxygen atoms in total. The van der Waals surface area contributed by atoms with E-state index in [0.717, 1.165) is 50.0 Å². The van der Waals surface area contributed by atoms with E-state index < -0.39 is 0 Å². The standard InChI is InChI=1S/C34H27N5/c35-33(27-17-8-3-9-18-27)39-36-23-30-28-19-11-10-12-24(28)20-21-29(30)34-37-31(25-13-4-1-5-14-25)22-32(38-34)26-15-6-2-7-16-26/h1-22,36H,23H2,(H2,35,39). The number of hydrazone groups is 1. The van der Waals surface area contributed by atoms with Gasteiger partial charge in [0.2, 0.25) is 0 Å². The van der Waals surface area contributed by atoms with Crippen molar-refractivity contribution in [3.05, 3.63) is 145 Å². The second-order valence-corrected chi connectivity index (χ2v) is 9.20. The first-order valence-corrected chi connectivity index (χ1v) is 12.9. The summed E-state index contributed by atoms with van der Waals surface area (Å²) in [4.78, 5) is 10.1. The molecule has 0 saturated carbocycles. The summed E-state index contributed by atoms with van der Waals surface area (Å²) in [5.41, 5.74) is 16.2. The van der Waals surface area contributed by atoms with Crippen LogP contribution in [0.4, 0.5) is 0 Å². The van der Waals surface area contributed by atoms with Crippen molar-refractivity contribution in [1.82, 2.24) is 15.4 Å². The SMILES string of the molecule is N/C(=N\NCc1c(-c2nc(-c3ccccc3)cc(-c3ccccc3)n2)ccc2ccccc12)c1ccccc1. The average molecular weight is 506 g/mol. The molecule has 0 aliphatic heterocycles. The normalized spacial score (nSPS) is 11.4. The maximum Gasteiger partial charge on any atom is 0.160 e. The molecular formula is C34H27N5. The van der Waals surface area contributed by atoms with Gasteiger partial charge in [0.25, 0.3) is 0 Å². The Bertz CT molecular complexity index is 1690. The van der Waals surface area contributed by atoms with Crippen LogP contribution < -0.4 is 11.2 Å². The maximum absolute atomic E-state index is 6.25. The Balaban J connectivity index is 1.47. The Labute approximate surface area is 227 Å². The lowest BCUT2D eigenvalue weighted by Crippen LogP contribution is -2.19. The molecule has 0 unspecified atom stereocenters. The van der Waals surface area contributed by atoms with Gasteiger partial charge >= 0.3 is 0 Å². The van der Waals surface area contributed by atoms with Crippen molar-refractivity contribution in [3.8, 4) is 33.9 Å². The minimum atomic E-state index is 0.436. The summed E-state index contributed by atoms with van der Waals surface area (Å²) in [6, 6.07) is 44.8. The highest BCUT2D eigenvalue weighted by atomic mass is 15.3. The lowest BCUT2D eigenvalue weighted by molar-refractivity contribution is 0.747. The van der Waals surface area contributed by atoms with Gasteiger partial charge in [-0.15, -0.1) is 0 Å². The van der Waals surface area contributed by atoms with E-state index in [9.17, 15) is 0 Å². The predicted molar refractivity (Wildman–Crippen MR) is 160 cm³/mol. The molecule has 0 radical (unpaired) electrons. The highest BCUT2D eigenvalue weighted by molar-refractivity contribution is 5.97. The van der Waals surface area contributed by atoms with Crippen molar-refractivity contribution in [2.24, 2.45) is 10.8 Å². The number of nitrogens with two attached hydrogens (primary N) is 1. The highest BCUT2D eigenvalue weighted by Crippen LogP contribution is 2.32. The zero-order valence-electron chi connectivity index (χ0n) is 21.3. The Morgan fingerprint density at radius 3 is 1.85 bits per heavy atom. The van der Waals surface area contributed by atoms with Crippen LogP contribution in [0.1, 0.15) is 11.1 Å². The first kappa shape index (κ1) is 24.1. The molecule has 0 saturated heterocycles. The maximum atomic E-state index is 6.25. The second kappa shape index (κ2) is 11.0. The fourth-order valence-corrected chi connectivity index (χ4v) is 4.69. The van der Waals surface area contributed by atoms with Crippen LogP contribution in [0.15, 0.2) is 139 Å². The number of hydrogen-bond donors (Lipinski definition) is 2. The van der Waals surface area contributed by atoms with Crippen molar-refractivity contribution in [2.45, 2.75) is 6.54 Å². The average Bonchev–Trinajstić information content (AvgIpc) is 3.02. The van der Waals surface area contributed by atoms with Gasteiger partial charge < -0.3 is 11.2 Å². The van der Waals surface area contributed by atoms with Gasteiger partial charge in [-0.25, -0.2) is 9.97 Å². The first-order valence-electron chi connectivity index (χ1n) is 12.9. The monoisotopic (exact) mass is 505 g/mol. The molecule has 3 N–H and O–H groups in total. The molecule has 1 heterocycles. The molecule has 0 spiro atoms. The molecule has 0 aliphatic carbocycles. The number of fused-ring (bicyclic) bond motifs is 1. The number of aromatic nitrogens is 2. The van der Waals surface area contributed by atoms with E-state index in [4.69, 9.17) is 15.7 Å². The van der Waals surface area contributed by atoms with Gasteiger partial charge in [0.05, 0.1) is 17.9 Å². The molecule has 0 atom stereocenters. The summed E-state index contributed by atoms with van der Waals surface area (Å²) >= 11 is 0. The molecule has 39 heavy (non-hydrogen) atoms. The largest absolute Gasteiger partial charge is 0.382 e. The highest BCUT2D eigenvalue weighted by Gasteiger charge is 2.15. The summed E-state index contributed by atoms with van der Waals surface area (Å²) in [5.74, 6) is 1.10. The number of rotatable bonds is 7. The van der Waals surface area contributed by atoms with Crippen molar-refractivity contribution >= 4 is 16.6 Å². The van der Waals surface area contributed by atoms with Gasteiger partial charge in [-0.3, -0.25) is 0 Å². The lowest BCUT2D eigenvalue weighted by atomic mass is 9.97. The third-order valence-corrected chi connectivity index (χ3v) is 6.67. The second-order valence-electron chi connectivity index (χ2n) is 9.20. The molecule has 5 heteroatoms. The third kappa shape index (κ3) is 5.24. The molecule has 6 aromatic rings. The topological polar surface area (TPSA) is 76.2 Å². The van der Waals surface area contributed by atoms with Gasteiger partial charge in [0.15, 0.2) is 11.7 Å². The summed E-state index contributed by atoms with van der Waals surface area (Å²) in [5, 5.41) is 6.72. The molecule has 6 rings (SSSR count). The molecule has 0 amide bonds. The third-order valence-electron chi connectivity index (χ3n) is 6.67. The zero-order chi connectivity index (χ0) is 26.4. The molecular weight excluding hydrogens is 478 g/mol. The van der Waals surface area contributed by atoms with Crippen LogP contribution in [0.2, 0.25) is 0 Å². The molecule has 0 fully saturated rings. The van der Waals surface area contributed by atoms with Crippen LogP contribution in [0.5, 0.6) is 0 Å². The molecule has 0 aliphatic rings. The van der Waals surface area contributed by atoms with Gasteiger partial charge in [0.1, 0.15) is 0 Å². The smallest absolute Gasteiger partial charge is 0.160 e. The fourth-order valence-electron chi connectivity index (χ4n) is 4.69. The van der Waals surface area contributed by atoms with E-state index in [-0.39, 0.29) is 0 Å². The zero-order valence-corrected chi connectivity index (χ0v) is 21.3. The number of hydrogen-bond acceptors (Lipinski definition) is 4. The minimum absolute atomic E-state index is 0.436. The quantitative estimate of drug-likeness (QED) is 0.139. The fraction of sp³-hybridized carbons (Fsp3) is 0.0294. The lowest BCUT2D eigenvalue weighted by Gasteiger charge is -2.15. The van der Waals surface area contributed by atoms with Crippen LogP contribution >= 0.6 is 0 Å². The Morgan fingerprint density at radius 1 is 0.641 bits per heavy atom. The van der Waals surface area contributed by atoms with Gasteiger partial charge in [-0.05, 0) is 22.4 Å². The van der Waals surface area contributed by atoms with Crippen LogP contribution in [0, 0.1) is 0 Å². The van der Waals surface area contributed by atoms with Crippen LogP contribution in [-0.4, -0.2) is 15.8 Å². The van der Waals surface area contributed by atoms with Gasteiger partial charge in [-0.2, -0.15) is 5.10 Å². The number of nitrogens with zero attached hydrogens (tertiary/aromatic N) is 3. The number of amidine groups is 1. The van der Waals surface area contributed by atoms with Crippen molar-refractivity contribution in [3.63, 3.8) is 0 Å². The Kier molecular flexibility index (Phi) is 6.78. The molecule has 1 aromatic heterocycles. The number of nitrogens with one attached hydrogen (secondary N) is 1.